The van der Waals surface area contributed by atoms with Crippen molar-refractivity contribution in [1.82, 2.24) is 10.3 Å². The Hall–Kier alpha value is -0.710. The fourth-order valence-electron chi connectivity index (χ4n) is 1.12. The molecule has 0 aliphatic heterocycles. The maximum absolute atomic E-state index is 11.6. The quantitative estimate of drug-likeness (QED) is 0.762. The van der Waals surface area contributed by atoms with Crippen LogP contribution in [0.15, 0.2) is 6.07 Å². The van der Waals surface area contributed by atoms with E-state index in [2.05, 4.69) is 10.3 Å². The van der Waals surface area contributed by atoms with Gasteiger partial charge in [-0.15, -0.1) is 0 Å². The van der Waals surface area contributed by atoms with Crippen molar-refractivity contribution in [3.63, 3.8) is 0 Å². The van der Waals surface area contributed by atoms with Crippen molar-refractivity contribution in [1.29, 1.82) is 0 Å². The molecule has 0 aromatic carbocycles. The molecule has 1 atom stereocenters. The summed E-state index contributed by atoms with van der Waals surface area (Å²) in [6.07, 6.45) is 0.782. The van der Waals surface area contributed by atoms with Gasteiger partial charge in [0.15, 0.2) is 0 Å². The van der Waals surface area contributed by atoms with Crippen LogP contribution in [0.3, 0.4) is 0 Å². The first-order valence-electron chi connectivity index (χ1n) is 4.63. The largest absolute Gasteiger partial charge is 0.347 e. The predicted octanol–water partition coefficient (Wildman–Crippen LogP) is 1.79. The summed E-state index contributed by atoms with van der Waals surface area (Å²) in [5, 5.41) is 3.36. The highest BCUT2D eigenvalue weighted by Gasteiger charge is 2.14. The van der Waals surface area contributed by atoms with Crippen LogP contribution in [0, 0.1) is 0 Å². The van der Waals surface area contributed by atoms with Crippen molar-refractivity contribution in [3.8, 4) is 0 Å². The molecule has 1 heterocycles. The first-order chi connectivity index (χ1) is 7.08. The molecule has 6 heteroatoms. The van der Waals surface area contributed by atoms with Gasteiger partial charge >= 0.3 is 0 Å². The van der Waals surface area contributed by atoms with Crippen LogP contribution >= 0.6 is 23.2 Å². The molecule has 0 aliphatic rings. The van der Waals surface area contributed by atoms with Gasteiger partial charge in [0.2, 0.25) is 0 Å². The lowest BCUT2D eigenvalue weighted by Gasteiger charge is -2.13. The lowest BCUT2D eigenvalue weighted by atomic mass is 10.2. The number of H-pyrrole nitrogens is 1. The number of carbonyl (C=O) groups excluding carboxylic acids is 1. The van der Waals surface area contributed by atoms with Gasteiger partial charge in [-0.2, -0.15) is 0 Å². The number of aromatic amines is 1. The lowest BCUT2D eigenvalue weighted by Crippen LogP contribution is -2.39. The Morgan fingerprint density at radius 3 is 2.73 bits per heavy atom. The Morgan fingerprint density at radius 2 is 2.33 bits per heavy atom. The van der Waals surface area contributed by atoms with Crippen LogP contribution in [0.2, 0.25) is 10.2 Å². The third-order valence-electron chi connectivity index (χ3n) is 2.08. The minimum absolute atomic E-state index is 0.0293. The monoisotopic (exact) mass is 249 g/mol. The number of nitrogens with two attached hydrogens (primary N) is 1. The number of rotatable bonds is 4. The van der Waals surface area contributed by atoms with E-state index in [4.69, 9.17) is 28.9 Å². The molecule has 0 aliphatic carbocycles. The number of carbonyl (C=O) groups is 1. The summed E-state index contributed by atoms with van der Waals surface area (Å²) in [6, 6.07) is 1.46. The summed E-state index contributed by atoms with van der Waals surface area (Å²) in [6.45, 7) is 2.36. The second-order valence-electron chi connectivity index (χ2n) is 3.16. The molecule has 1 unspecified atom stereocenters. The Labute approximate surface area is 98.1 Å². The molecular formula is C9H13Cl2N3O. The summed E-state index contributed by atoms with van der Waals surface area (Å²) in [4.78, 5) is 14.3. The molecule has 1 rings (SSSR count). The Balaban J connectivity index is 2.68. The summed E-state index contributed by atoms with van der Waals surface area (Å²) in [5.41, 5.74) is 5.81. The zero-order valence-corrected chi connectivity index (χ0v) is 9.82. The maximum atomic E-state index is 11.6. The fourth-order valence-corrected chi connectivity index (χ4v) is 1.43. The molecular weight excluding hydrogens is 237 g/mol. The highest BCUT2D eigenvalue weighted by molar-refractivity contribution is 6.41. The van der Waals surface area contributed by atoms with Crippen LogP contribution in [0.5, 0.6) is 0 Å². The molecule has 1 aromatic heterocycles. The highest BCUT2D eigenvalue weighted by Crippen LogP contribution is 2.21. The van der Waals surface area contributed by atoms with Crippen LogP contribution < -0.4 is 11.1 Å². The minimum atomic E-state index is -0.249. The van der Waals surface area contributed by atoms with E-state index < -0.39 is 0 Å². The summed E-state index contributed by atoms with van der Waals surface area (Å²) in [5.74, 6) is -0.249. The Morgan fingerprint density at radius 1 is 1.67 bits per heavy atom. The molecule has 15 heavy (non-hydrogen) atoms. The van der Waals surface area contributed by atoms with Crippen LogP contribution in [-0.4, -0.2) is 23.5 Å². The summed E-state index contributed by atoms with van der Waals surface area (Å²) < 4.78 is 0. The first kappa shape index (κ1) is 12.4. The van der Waals surface area contributed by atoms with Gasteiger partial charge in [0.25, 0.3) is 5.91 Å². The van der Waals surface area contributed by atoms with Gasteiger partial charge in [0, 0.05) is 12.6 Å². The van der Waals surface area contributed by atoms with Crippen molar-refractivity contribution in [2.75, 3.05) is 6.54 Å². The lowest BCUT2D eigenvalue weighted by molar-refractivity contribution is 0.0933. The topological polar surface area (TPSA) is 70.9 Å². The third-order valence-corrected chi connectivity index (χ3v) is 2.78. The molecule has 0 saturated carbocycles. The van der Waals surface area contributed by atoms with E-state index in [1.807, 2.05) is 6.92 Å². The summed E-state index contributed by atoms with van der Waals surface area (Å²) >= 11 is 11.4. The van der Waals surface area contributed by atoms with Crippen molar-refractivity contribution in [2.45, 2.75) is 19.4 Å². The number of nitrogens with one attached hydrogen (secondary N) is 2. The average Bonchev–Trinajstić information content (AvgIpc) is 2.55. The number of halogens is 2. The number of hydrogen-bond acceptors (Lipinski definition) is 2. The van der Waals surface area contributed by atoms with Crippen LogP contribution in [0.25, 0.3) is 0 Å². The third kappa shape index (κ3) is 3.12. The number of amides is 1. The zero-order valence-electron chi connectivity index (χ0n) is 8.31. The van der Waals surface area contributed by atoms with E-state index in [1.54, 1.807) is 0 Å². The fraction of sp³-hybridized carbons (Fsp3) is 0.444. The molecule has 1 aromatic rings. The first-order valence-corrected chi connectivity index (χ1v) is 5.39. The molecule has 4 nitrogen and oxygen atoms in total. The van der Waals surface area contributed by atoms with Crippen molar-refractivity contribution in [2.24, 2.45) is 5.73 Å². The summed E-state index contributed by atoms with van der Waals surface area (Å²) in [7, 11) is 0. The molecule has 0 fully saturated rings. The van der Waals surface area contributed by atoms with Gasteiger partial charge in [-0.3, -0.25) is 4.79 Å². The highest BCUT2D eigenvalue weighted by atomic mass is 35.5. The van der Waals surface area contributed by atoms with E-state index in [9.17, 15) is 4.79 Å². The van der Waals surface area contributed by atoms with Gasteiger partial charge in [0.1, 0.15) is 10.8 Å². The van der Waals surface area contributed by atoms with Gasteiger partial charge in [0.05, 0.1) is 5.02 Å². The SMILES string of the molecule is CCC(CN)NC(=O)c1cc(Cl)c(Cl)[nH]1. The Kier molecular flexibility index (Phi) is 4.45. The molecule has 1 amide bonds. The molecule has 0 saturated heterocycles. The number of aromatic nitrogens is 1. The number of hydrogen-bond donors (Lipinski definition) is 3. The standard InChI is InChI=1S/C9H13Cl2N3O/c1-2-5(4-12)13-9(15)7-3-6(10)8(11)14-7/h3,5,14H,2,4,12H2,1H3,(H,13,15). The van der Waals surface area contributed by atoms with E-state index in [0.717, 1.165) is 6.42 Å². The van der Waals surface area contributed by atoms with Crippen molar-refractivity contribution >= 4 is 29.1 Å². The zero-order chi connectivity index (χ0) is 11.4. The van der Waals surface area contributed by atoms with E-state index >= 15 is 0 Å². The van der Waals surface area contributed by atoms with Crippen molar-refractivity contribution < 1.29 is 4.79 Å². The molecule has 0 radical (unpaired) electrons. The Bertz CT molecular complexity index is 328. The molecule has 4 N–H and O–H groups in total. The average molecular weight is 250 g/mol. The molecule has 0 spiro atoms. The van der Waals surface area contributed by atoms with Crippen LogP contribution in [-0.2, 0) is 0 Å². The van der Waals surface area contributed by atoms with Crippen LogP contribution in [0.4, 0.5) is 0 Å². The van der Waals surface area contributed by atoms with E-state index in [1.165, 1.54) is 6.07 Å². The minimum Gasteiger partial charge on any atom is -0.347 e. The van der Waals surface area contributed by atoms with Gasteiger partial charge in [-0.25, -0.2) is 0 Å². The van der Waals surface area contributed by atoms with E-state index in [0.29, 0.717) is 17.3 Å². The van der Waals surface area contributed by atoms with E-state index in [-0.39, 0.29) is 17.1 Å². The van der Waals surface area contributed by atoms with Gasteiger partial charge in [-0.1, -0.05) is 30.1 Å². The van der Waals surface area contributed by atoms with Crippen molar-refractivity contribution in [3.05, 3.63) is 21.9 Å². The van der Waals surface area contributed by atoms with Gasteiger partial charge < -0.3 is 16.0 Å². The molecule has 84 valence electrons. The second-order valence-corrected chi connectivity index (χ2v) is 3.94. The molecule has 0 bridgehead atoms. The maximum Gasteiger partial charge on any atom is 0.268 e. The van der Waals surface area contributed by atoms with Gasteiger partial charge in [-0.05, 0) is 12.5 Å². The predicted molar refractivity (Wildman–Crippen MR) is 61.4 cm³/mol. The van der Waals surface area contributed by atoms with Crippen LogP contribution in [0.1, 0.15) is 23.8 Å². The second kappa shape index (κ2) is 5.39. The normalized spacial score (nSPS) is 12.5. The smallest absolute Gasteiger partial charge is 0.268 e.